The van der Waals surface area contributed by atoms with Gasteiger partial charge < -0.3 is 9.13 Å². The molecule has 0 fully saturated rings. The number of benzene rings is 6. The third-order valence-corrected chi connectivity index (χ3v) is 10.2. The van der Waals surface area contributed by atoms with Crippen LogP contribution in [-0.4, -0.2) is 9.13 Å². The van der Waals surface area contributed by atoms with Gasteiger partial charge in [0.05, 0.1) is 44.6 Å². The van der Waals surface area contributed by atoms with Crippen LogP contribution >= 0.6 is 0 Å². The highest BCUT2D eigenvalue weighted by atomic mass is 19.4. The molecule has 0 radical (unpaired) electrons. The number of hydrogen-bond acceptors (Lipinski definition) is 0. The van der Waals surface area contributed by atoms with Crippen molar-refractivity contribution in [3.05, 3.63) is 144 Å². The Bertz CT molecular complexity index is 2540. The molecule has 0 atom stereocenters. The summed E-state index contributed by atoms with van der Waals surface area (Å²) in [5.74, 6) is -1.76. The number of alkyl halides is 3. The van der Waals surface area contributed by atoms with Crippen molar-refractivity contribution in [3.63, 3.8) is 0 Å². The van der Waals surface area contributed by atoms with E-state index in [1.54, 1.807) is 9.13 Å². The second-order valence-corrected chi connectivity index (χ2v) is 15.7. The fourth-order valence-electron chi connectivity index (χ4n) is 7.52. The van der Waals surface area contributed by atoms with Crippen molar-refractivity contribution in [1.82, 2.24) is 9.13 Å². The molecule has 0 saturated carbocycles. The first-order valence-corrected chi connectivity index (χ1v) is 17.3. The first kappa shape index (κ1) is 33.7. The second kappa shape index (κ2) is 11.5. The minimum atomic E-state index is -4.79. The van der Waals surface area contributed by atoms with Gasteiger partial charge in [0, 0.05) is 27.1 Å². The van der Waals surface area contributed by atoms with Crippen LogP contribution in [0, 0.1) is 11.6 Å². The zero-order valence-corrected chi connectivity index (χ0v) is 29.8. The lowest BCUT2D eigenvalue weighted by Gasteiger charge is -2.23. The summed E-state index contributed by atoms with van der Waals surface area (Å²) in [6.07, 6.45) is -4.79. The molecule has 0 aliphatic carbocycles. The van der Waals surface area contributed by atoms with Crippen LogP contribution < -0.4 is 0 Å². The third kappa shape index (κ3) is 5.28. The highest BCUT2D eigenvalue weighted by Gasteiger charge is 2.35. The van der Waals surface area contributed by atoms with Crippen LogP contribution in [0.1, 0.15) is 58.2 Å². The summed E-state index contributed by atoms with van der Waals surface area (Å²) in [4.78, 5) is 0. The summed E-state index contributed by atoms with van der Waals surface area (Å²) in [6, 6.07) is 32.4. The van der Waals surface area contributed by atoms with E-state index >= 15 is 22.0 Å². The van der Waals surface area contributed by atoms with E-state index in [9.17, 15) is 0 Å². The zero-order chi connectivity index (χ0) is 36.9. The van der Waals surface area contributed by atoms with E-state index in [-0.39, 0.29) is 27.8 Å². The van der Waals surface area contributed by atoms with Crippen LogP contribution in [0.4, 0.5) is 22.0 Å². The zero-order valence-electron chi connectivity index (χ0n) is 29.8. The molecule has 0 aliphatic heterocycles. The monoisotopic (exact) mass is 700 g/mol. The molecule has 2 nitrogen and oxygen atoms in total. The molecule has 6 aromatic carbocycles. The number of hydrogen-bond donors (Lipinski definition) is 0. The Hall–Kier alpha value is -5.43. The topological polar surface area (TPSA) is 9.86 Å². The Morgan fingerprint density at radius 3 is 1.21 bits per heavy atom. The number of halogens is 5. The summed E-state index contributed by atoms with van der Waals surface area (Å²) in [5.41, 5.74) is 2.85. The standard InChI is InChI=1S/C45H37F5N2/c1-43(2,3)26-18-20-37-31(22-26)29-12-7-9-16-35(29)51(37)39-24-28(45(48,49)50)25-40(42(39)41-33(46)14-11-15-34(41)47)52-36-17-10-8-13-30(36)32-23-27(44(4,5)6)19-21-38(32)52/h7-25H,1-6H3. The molecule has 0 N–H and O–H groups in total. The summed E-state index contributed by atoms with van der Waals surface area (Å²) < 4.78 is 81.5. The number of rotatable bonds is 3. The van der Waals surface area contributed by atoms with Crippen LogP contribution in [0.5, 0.6) is 0 Å². The Balaban J connectivity index is 1.61. The smallest absolute Gasteiger partial charge is 0.309 e. The maximum atomic E-state index is 16.3. The molecule has 8 aromatic rings. The first-order valence-electron chi connectivity index (χ1n) is 17.3. The quantitative estimate of drug-likeness (QED) is 0.162. The Kier molecular flexibility index (Phi) is 7.48. The molecule has 0 unspecified atom stereocenters. The van der Waals surface area contributed by atoms with Crippen molar-refractivity contribution in [2.45, 2.75) is 58.5 Å². The average molecular weight is 701 g/mol. The lowest BCUT2D eigenvalue weighted by atomic mass is 9.86. The van der Waals surface area contributed by atoms with Gasteiger partial charge in [-0.1, -0.05) is 96.1 Å². The fraction of sp³-hybridized carbons (Fsp3) is 0.200. The minimum absolute atomic E-state index is 0.00806. The summed E-state index contributed by atoms with van der Waals surface area (Å²) >= 11 is 0. The molecule has 52 heavy (non-hydrogen) atoms. The maximum Gasteiger partial charge on any atom is 0.416 e. The minimum Gasteiger partial charge on any atom is -0.309 e. The van der Waals surface area contributed by atoms with Crippen molar-refractivity contribution < 1.29 is 22.0 Å². The van der Waals surface area contributed by atoms with E-state index in [1.807, 2.05) is 72.8 Å². The molecule has 8 rings (SSSR count). The molecule has 2 aromatic heterocycles. The van der Waals surface area contributed by atoms with Gasteiger partial charge in [0.15, 0.2) is 0 Å². The van der Waals surface area contributed by atoms with E-state index in [2.05, 4.69) is 53.7 Å². The van der Waals surface area contributed by atoms with Crippen molar-refractivity contribution >= 4 is 43.6 Å². The van der Waals surface area contributed by atoms with E-state index in [1.165, 1.54) is 6.07 Å². The molecule has 0 spiro atoms. The summed E-state index contributed by atoms with van der Waals surface area (Å²) in [5, 5.41) is 3.28. The molecule has 262 valence electrons. The number of nitrogens with zero attached hydrogens (tertiary/aromatic N) is 2. The van der Waals surface area contributed by atoms with Gasteiger partial charge in [0.1, 0.15) is 11.6 Å². The van der Waals surface area contributed by atoms with Crippen LogP contribution in [0.3, 0.4) is 0 Å². The van der Waals surface area contributed by atoms with E-state index < -0.39 is 28.9 Å². The van der Waals surface area contributed by atoms with Crippen LogP contribution in [0.2, 0.25) is 0 Å². The lowest BCUT2D eigenvalue weighted by molar-refractivity contribution is -0.137. The lowest BCUT2D eigenvalue weighted by Crippen LogP contribution is -2.12. The molecule has 2 heterocycles. The molecular weight excluding hydrogens is 663 g/mol. The SMILES string of the molecule is CC(C)(C)c1ccc2c(c1)c1ccccc1n2-c1cc(C(F)(F)F)cc(-n2c3ccccc3c3cc(C(C)(C)C)ccc32)c1-c1c(F)cccc1F. The van der Waals surface area contributed by atoms with Crippen molar-refractivity contribution in [3.8, 4) is 22.5 Å². The summed E-state index contributed by atoms with van der Waals surface area (Å²) in [7, 11) is 0. The van der Waals surface area contributed by atoms with Gasteiger partial charge in [-0.25, -0.2) is 8.78 Å². The van der Waals surface area contributed by atoms with Crippen LogP contribution in [-0.2, 0) is 17.0 Å². The molecule has 0 bridgehead atoms. The van der Waals surface area contributed by atoms with Gasteiger partial charge in [-0.15, -0.1) is 0 Å². The van der Waals surface area contributed by atoms with Gasteiger partial charge in [-0.2, -0.15) is 13.2 Å². The third-order valence-electron chi connectivity index (χ3n) is 10.2. The first-order chi connectivity index (χ1) is 24.5. The average Bonchev–Trinajstić information content (AvgIpc) is 3.59. The Labute approximate surface area is 298 Å². The van der Waals surface area contributed by atoms with Gasteiger partial charge in [-0.05, 0) is 82.6 Å². The number of aromatic nitrogens is 2. The molecule has 0 saturated heterocycles. The van der Waals surface area contributed by atoms with Gasteiger partial charge >= 0.3 is 6.18 Å². The largest absolute Gasteiger partial charge is 0.416 e. The fourth-order valence-corrected chi connectivity index (χ4v) is 7.52. The molecular formula is C45H37F5N2. The molecule has 0 aliphatic rings. The molecule has 7 heteroatoms. The van der Waals surface area contributed by atoms with Gasteiger partial charge in [0.25, 0.3) is 0 Å². The summed E-state index contributed by atoms with van der Waals surface area (Å²) in [6.45, 7) is 12.6. The van der Waals surface area contributed by atoms with E-state index in [0.29, 0.717) is 22.1 Å². The van der Waals surface area contributed by atoms with Gasteiger partial charge in [-0.3, -0.25) is 0 Å². The van der Waals surface area contributed by atoms with Crippen LogP contribution in [0.15, 0.2) is 115 Å². The number of para-hydroxylation sites is 2. The predicted molar refractivity (Wildman–Crippen MR) is 203 cm³/mol. The number of fused-ring (bicyclic) bond motifs is 6. The highest BCUT2D eigenvalue weighted by Crippen LogP contribution is 2.47. The van der Waals surface area contributed by atoms with E-state index in [4.69, 9.17) is 0 Å². The molecule has 0 amide bonds. The Morgan fingerprint density at radius 1 is 0.404 bits per heavy atom. The normalized spacial score (nSPS) is 12.9. The second-order valence-electron chi connectivity index (χ2n) is 15.7. The van der Waals surface area contributed by atoms with Gasteiger partial charge in [0.2, 0.25) is 0 Å². The van der Waals surface area contributed by atoms with Crippen molar-refractivity contribution in [2.75, 3.05) is 0 Å². The van der Waals surface area contributed by atoms with Crippen molar-refractivity contribution in [1.29, 1.82) is 0 Å². The maximum absolute atomic E-state index is 16.3. The van der Waals surface area contributed by atoms with Crippen LogP contribution in [0.25, 0.3) is 66.1 Å². The predicted octanol–water partition coefficient (Wildman–Crippen LogP) is 13.4. The van der Waals surface area contributed by atoms with Crippen molar-refractivity contribution in [2.24, 2.45) is 0 Å². The Morgan fingerprint density at radius 2 is 0.808 bits per heavy atom. The highest BCUT2D eigenvalue weighted by molar-refractivity contribution is 6.12. The van der Waals surface area contributed by atoms with E-state index in [0.717, 1.165) is 56.9 Å².